The Labute approximate surface area is 137 Å². The van der Waals surface area contributed by atoms with Gasteiger partial charge in [-0.05, 0) is 24.6 Å². The molecule has 21 heavy (non-hydrogen) atoms. The first-order valence-corrected chi connectivity index (χ1v) is 7.93. The van der Waals surface area contributed by atoms with Gasteiger partial charge in [0, 0.05) is 29.0 Å². The maximum absolute atomic E-state index is 12.0. The van der Waals surface area contributed by atoms with Gasteiger partial charge in [-0.25, -0.2) is 9.78 Å². The molecule has 2 aromatic rings. The molecule has 2 rings (SSSR count). The number of rotatable bonds is 4. The van der Waals surface area contributed by atoms with Crippen LogP contribution in [0.2, 0.25) is 10.0 Å². The molecule has 1 N–H and O–H groups in total. The van der Waals surface area contributed by atoms with E-state index in [2.05, 4.69) is 10.3 Å². The summed E-state index contributed by atoms with van der Waals surface area (Å²) in [6, 6.07) is 5.03. The second-order valence-electron chi connectivity index (χ2n) is 4.61. The molecule has 7 heteroatoms. The van der Waals surface area contributed by atoms with Crippen LogP contribution in [0.1, 0.15) is 16.3 Å². The molecule has 0 saturated carbocycles. The number of aromatic nitrogens is 1. The van der Waals surface area contributed by atoms with Gasteiger partial charge in [-0.2, -0.15) is 0 Å². The summed E-state index contributed by atoms with van der Waals surface area (Å²) in [5.41, 5.74) is 1.71. The van der Waals surface area contributed by atoms with E-state index in [-0.39, 0.29) is 6.03 Å². The molecule has 1 heterocycles. The highest BCUT2D eigenvalue weighted by atomic mass is 35.5. The molecule has 112 valence electrons. The van der Waals surface area contributed by atoms with E-state index in [1.54, 1.807) is 41.5 Å². The van der Waals surface area contributed by atoms with Crippen LogP contribution in [0.4, 0.5) is 4.79 Å². The van der Waals surface area contributed by atoms with E-state index in [1.807, 2.05) is 12.3 Å². The molecule has 2 amide bonds. The summed E-state index contributed by atoms with van der Waals surface area (Å²) in [7, 11) is 1.73. The van der Waals surface area contributed by atoms with E-state index in [1.165, 1.54) is 0 Å². The minimum absolute atomic E-state index is 0.174. The Morgan fingerprint density at radius 1 is 1.43 bits per heavy atom. The summed E-state index contributed by atoms with van der Waals surface area (Å²) >= 11 is 13.5. The molecule has 1 aromatic heterocycles. The summed E-state index contributed by atoms with van der Waals surface area (Å²) < 4.78 is 0. The topological polar surface area (TPSA) is 45.2 Å². The van der Waals surface area contributed by atoms with Gasteiger partial charge in [0.25, 0.3) is 0 Å². The van der Waals surface area contributed by atoms with Crippen LogP contribution in [0, 0.1) is 6.92 Å². The van der Waals surface area contributed by atoms with Crippen molar-refractivity contribution < 1.29 is 4.79 Å². The second-order valence-corrected chi connectivity index (χ2v) is 6.51. The lowest BCUT2D eigenvalue weighted by Crippen LogP contribution is -2.36. The minimum atomic E-state index is -0.174. The molecule has 0 unspecified atom stereocenters. The normalized spacial score (nSPS) is 10.5. The molecule has 1 aromatic carbocycles. The number of carbonyl (C=O) groups is 1. The lowest BCUT2D eigenvalue weighted by molar-refractivity contribution is 0.206. The van der Waals surface area contributed by atoms with Gasteiger partial charge in [0.05, 0.1) is 17.2 Å². The van der Waals surface area contributed by atoms with Crippen molar-refractivity contribution in [3.63, 3.8) is 0 Å². The second kappa shape index (κ2) is 7.11. The van der Waals surface area contributed by atoms with Crippen molar-refractivity contribution in [3.8, 4) is 0 Å². The molecule has 0 saturated heterocycles. The van der Waals surface area contributed by atoms with Gasteiger partial charge in [0.1, 0.15) is 0 Å². The number of amides is 2. The van der Waals surface area contributed by atoms with Crippen molar-refractivity contribution in [2.75, 3.05) is 7.05 Å². The molecule has 0 aliphatic carbocycles. The first-order chi connectivity index (χ1) is 9.95. The first-order valence-electron chi connectivity index (χ1n) is 6.29. The van der Waals surface area contributed by atoms with E-state index in [9.17, 15) is 4.79 Å². The van der Waals surface area contributed by atoms with Gasteiger partial charge in [-0.3, -0.25) is 0 Å². The summed E-state index contributed by atoms with van der Waals surface area (Å²) in [6.45, 7) is 2.77. The largest absolute Gasteiger partial charge is 0.334 e. The lowest BCUT2D eigenvalue weighted by Gasteiger charge is -2.17. The highest BCUT2D eigenvalue weighted by Gasteiger charge is 2.11. The quantitative estimate of drug-likeness (QED) is 0.908. The zero-order valence-corrected chi connectivity index (χ0v) is 14.0. The summed E-state index contributed by atoms with van der Waals surface area (Å²) in [6.07, 6.45) is 0. The molecule has 0 aliphatic heterocycles. The third-order valence-corrected chi connectivity index (χ3v) is 4.27. The summed E-state index contributed by atoms with van der Waals surface area (Å²) in [4.78, 5) is 17.9. The zero-order chi connectivity index (χ0) is 15.4. The van der Waals surface area contributed by atoms with Crippen molar-refractivity contribution >= 4 is 40.6 Å². The molecule has 4 nitrogen and oxygen atoms in total. The van der Waals surface area contributed by atoms with Crippen molar-refractivity contribution in [1.29, 1.82) is 0 Å². The Balaban J connectivity index is 1.89. The zero-order valence-electron chi connectivity index (χ0n) is 11.7. The predicted molar refractivity (Wildman–Crippen MR) is 87.0 cm³/mol. The van der Waals surface area contributed by atoms with Crippen molar-refractivity contribution in [2.24, 2.45) is 0 Å². The fourth-order valence-electron chi connectivity index (χ4n) is 1.77. The first kappa shape index (κ1) is 16.1. The molecule has 0 bridgehead atoms. The van der Waals surface area contributed by atoms with Crippen molar-refractivity contribution in [3.05, 3.63) is 49.9 Å². The maximum Gasteiger partial charge on any atom is 0.317 e. The Bertz CT molecular complexity index is 645. The van der Waals surface area contributed by atoms with Crippen molar-refractivity contribution in [2.45, 2.75) is 20.0 Å². The fourth-order valence-corrected chi connectivity index (χ4v) is 2.85. The number of nitrogens with one attached hydrogen (secondary N) is 1. The van der Waals surface area contributed by atoms with E-state index < -0.39 is 0 Å². The van der Waals surface area contributed by atoms with Gasteiger partial charge >= 0.3 is 6.03 Å². The van der Waals surface area contributed by atoms with Crippen LogP contribution >= 0.6 is 34.5 Å². The van der Waals surface area contributed by atoms with Gasteiger partial charge in [0.15, 0.2) is 0 Å². The molecule has 0 spiro atoms. The van der Waals surface area contributed by atoms with Gasteiger partial charge in [0.2, 0.25) is 0 Å². The molecule has 0 aliphatic rings. The van der Waals surface area contributed by atoms with Crippen LogP contribution in [0.5, 0.6) is 0 Å². The summed E-state index contributed by atoms with van der Waals surface area (Å²) in [5, 5.41) is 6.88. The van der Waals surface area contributed by atoms with E-state index in [4.69, 9.17) is 23.2 Å². The highest BCUT2D eigenvalue weighted by Crippen LogP contribution is 2.20. The third-order valence-electron chi connectivity index (χ3n) is 2.86. The minimum Gasteiger partial charge on any atom is -0.334 e. The van der Waals surface area contributed by atoms with Gasteiger partial charge < -0.3 is 10.2 Å². The van der Waals surface area contributed by atoms with Gasteiger partial charge in [-0.1, -0.05) is 29.3 Å². The standard InChI is InChI=1S/C14H15Cl2N3OS/c1-9-18-12(8-21-9)7-19(2)14(20)17-6-10-3-4-11(15)5-13(10)16/h3-5,8H,6-7H2,1-2H3,(H,17,20). The number of aryl methyl sites for hydroxylation is 1. The number of urea groups is 1. The number of hydrogen-bond acceptors (Lipinski definition) is 3. The van der Waals surface area contributed by atoms with E-state index >= 15 is 0 Å². The molecular formula is C14H15Cl2N3OS. The molecular weight excluding hydrogens is 329 g/mol. The number of hydrogen-bond donors (Lipinski definition) is 1. The van der Waals surface area contributed by atoms with Gasteiger partial charge in [-0.15, -0.1) is 11.3 Å². The number of benzene rings is 1. The van der Waals surface area contributed by atoms with Crippen LogP contribution in [0.15, 0.2) is 23.6 Å². The van der Waals surface area contributed by atoms with Crippen LogP contribution in [0.25, 0.3) is 0 Å². The summed E-state index contributed by atoms with van der Waals surface area (Å²) in [5.74, 6) is 0. The Morgan fingerprint density at radius 2 is 2.19 bits per heavy atom. The highest BCUT2D eigenvalue weighted by molar-refractivity contribution is 7.09. The SMILES string of the molecule is Cc1nc(CN(C)C(=O)NCc2ccc(Cl)cc2Cl)cs1. The fraction of sp³-hybridized carbons (Fsp3) is 0.286. The smallest absolute Gasteiger partial charge is 0.317 e. The van der Waals surface area contributed by atoms with E-state index in [0.717, 1.165) is 16.3 Å². The number of nitrogens with zero attached hydrogens (tertiary/aromatic N) is 2. The Morgan fingerprint density at radius 3 is 2.81 bits per heavy atom. The number of halogens is 2. The maximum atomic E-state index is 12.0. The number of carbonyl (C=O) groups excluding carboxylic acids is 1. The Hall–Kier alpha value is -1.30. The van der Waals surface area contributed by atoms with Crippen LogP contribution in [-0.2, 0) is 13.1 Å². The average molecular weight is 344 g/mol. The monoisotopic (exact) mass is 343 g/mol. The number of thiazole rings is 1. The van der Waals surface area contributed by atoms with Crippen LogP contribution in [-0.4, -0.2) is 23.0 Å². The lowest BCUT2D eigenvalue weighted by atomic mass is 10.2. The predicted octanol–water partition coefficient (Wildman–Crippen LogP) is 4.10. The molecule has 0 fully saturated rings. The Kier molecular flexibility index (Phi) is 5.45. The van der Waals surface area contributed by atoms with Crippen molar-refractivity contribution in [1.82, 2.24) is 15.2 Å². The van der Waals surface area contributed by atoms with E-state index in [0.29, 0.717) is 23.1 Å². The molecule has 0 atom stereocenters. The molecule has 0 radical (unpaired) electrons. The van der Waals surface area contributed by atoms with Crippen LogP contribution < -0.4 is 5.32 Å². The van der Waals surface area contributed by atoms with Crippen LogP contribution in [0.3, 0.4) is 0 Å². The third kappa shape index (κ3) is 4.59. The average Bonchev–Trinajstić information content (AvgIpc) is 2.82.